The Labute approximate surface area is 134 Å². The van der Waals surface area contributed by atoms with Crippen LogP contribution in [-0.4, -0.2) is 38.6 Å². The number of halogens is 1. The van der Waals surface area contributed by atoms with Crippen molar-refractivity contribution in [1.29, 1.82) is 0 Å². The fourth-order valence-electron chi connectivity index (χ4n) is 2.99. The third-order valence-electron chi connectivity index (χ3n) is 4.11. The molecule has 2 N–H and O–H groups in total. The molecule has 0 aromatic heterocycles. The molecule has 2 aliphatic heterocycles. The second-order valence-corrected chi connectivity index (χ2v) is 8.17. The molecule has 1 saturated heterocycles. The van der Waals surface area contributed by atoms with Gasteiger partial charge in [-0.2, -0.15) is 0 Å². The van der Waals surface area contributed by atoms with E-state index < -0.39 is 15.9 Å². The first kappa shape index (κ1) is 16.0. The van der Waals surface area contributed by atoms with Gasteiger partial charge in [0, 0.05) is 11.6 Å². The molecule has 0 aliphatic carbocycles. The van der Waals surface area contributed by atoms with Crippen LogP contribution in [0.5, 0.6) is 5.75 Å². The van der Waals surface area contributed by atoms with Crippen LogP contribution in [0.25, 0.3) is 0 Å². The van der Waals surface area contributed by atoms with E-state index in [1.807, 2.05) is 0 Å². The van der Waals surface area contributed by atoms with E-state index in [4.69, 9.17) is 4.74 Å². The molecule has 8 heteroatoms. The predicted octanol–water partition coefficient (Wildman–Crippen LogP) is 1.53. The van der Waals surface area contributed by atoms with Gasteiger partial charge in [-0.05, 0) is 37.5 Å². The number of rotatable bonds is 2. The number of hydrogen-bond acceptors (Lipinski definition) is 4. The minimum Gasteiger partial charge on any atom is -0.493 e. The summed E-state index contributed by atoms with van der Waals surface area (Å²) in [5.74, 6) is 0.254. The number of carbonyl (C=O) groups excluding carboxylic acids is 1. The quantitative estimate of drug-likeness (QED) is 0.854. The molecule has 3 rings (SSSR count). The monoisotopic (exact) mass is 342 g/mol. The Hall–Kier alpha value is -1.83. The van der Waals surface area contributed by atoms with Crippen LogP contribution >= 0.6 is 0 Å². The van der Waals surface area contributed by atoms with Crippen molar-refractivity contribution < 1.29 is 22.3 Å². The Bertz CT molecular complexity index is 707. The molecule has 0 bridgehead atoms. The summed E-state index contributed by atoms with van der Waals surface area (Å²) in [5, 5.41) is 5.49. The van der Waals surface area contributed by atoms with Crippen molar-refractivity contribution in [2.45, 2.75) is 31.3 Å². The van der Waals surface area contributed by atoms with Crippen molar-refractivity contribution >= 4 is 15.9 Å². The van der Waals surface area contributed by atoms with Gasteiger partial charge >= 0.3 is 6.03 Å². The minimum absolute atomic E-state index is 0.0284. The molecule has 0 radical (unpaired) electrons. The lowest BCUT2D eigenvalue weighted by Gasteiger charge is -2.20. The fourth-order valence-corrected chi connectivity index (χ4v) is 4.67. The summed E-state index contributed by atoms with van der Waals surface area (Å²) in [6, 6.07) is 3.09. The largest absolute Gasteiger partial charge is 0.493 e. The zero-order valence-corrected chi connectivity index (χ0v) is 13.4. The van der Waals surface area contributed by atoms with Gasteiger partial charge in [-0.25, -0.2) is 17.6 Å². The summed E-state index contributed by atoms with van der Waals surface area (Å²) in [5.41, 5.74) is 0.608. The summed E-state index contributed by atoms with van der Waals surface area (Å²) in [6.45, 7) is 0.513. The summed E-state index contributed by atoms with van der Waals surface area (Å²) >= 11 is 0. The molecule has 0 spiro atoms. The number of amides is 2. The van der Waals surface area contributed by atoms with Crippen LogP contribution < -0.4 is 15.4 Å². The van der Waals surface area contributed by atoms with E-state index in [1.165, 1.54) is 12.1 Å². The SMILES string of the molecule is O=C(N[C@@H]1CCS(=O)(=O)C1)N[C@H]1CCCOc2ccc(F)cc21. The third-order valence-corrected chi connectivity index (χ3v) is 5.88. The lowest BCUT2D eigenvalue weighted by molar-refractivity contribution is 0.233. The molecule has 2 atom stereocenters. The standard InChI is InChI=1S/C15H19FN2O4S/c16-10-3-4-14-12(8-10)13(2-1-6-22-14)18-15(19)17-11-5-7-23(20,21)9-11/h3-4,8,11,13H,1-2,5-7,9H2,(H2,17,18,19)/t11-,13+/m1/s1. The van der Waals surface area contributed by atoms with Gasteiger partial charge in [0.05, 0.1) is 24.2 Å². The lowest BCUT2D eigenvalue weighted by Crippen LogP contribution is -2.44. The number of nitrogens with one attached hydrogen (secondary N) is 2. The van der Waals surface area contributed by atoms with E-state index in [0.29, 0.717) is 30.8 Å². The summed E-state index contributed by atoms with van der Waals surface area (Å²) in [6.07, 6.45) is 1.79. The number of fused-ring (bicyclic) bond motifs is 1. The topological polar surface area (TPSA) is 84.5 Å². The Morgan fingerprint density at radius 3 is 2.83 bits per heavy atom. The lowest BCUT2D eigenvalue weighted by atomic mass is 10.0. The molecule has 2 aliphatic rings. The molecule has 1 fully saturated rings. The molecule has 6 nitrogen and oxygen atoms in total. The van der Waals surface area contributed by atoms with Gasteiger partial charge in [-0.1, -0.05) is 0 Å². The van der Waals surface area contributed by atoms with Crippen molar-refractivity contribution in [3.05, 3.63) is 29.6 Å². The highest BCUT2D eigenvalue weighted by atomic mass is 32.2. The van der Waals surface area contributed by atoms with Crippen LogP contribution in [0, 0.1) is 5.82 Å². The highest BCUT2D eigenvalue weighted by Crippen LogP contribution is 2.32. The number of ether oxygens (including phenoxy) is 1. The average Bonchev–Trinajstić information content (AvgIpc) is 2.70. The van der Waals surface area contributed by atoms with E-state index in [-0.39, 0.29) is 29.4 Å². The smallest absolute Gasteiger partial charge is 0.315 e. The van der Waals surface area contributed by atoms with E-state index in [9.17, 15) is 17.6 Å². The third kappa shape index (κ3) is 3.93. The van der Waals surface area contributed by atoms with Crippen LogP contribution in [0.15, 0.2) is 18.2 Å². The maximum absolute atomic E-state index is 13.5. The van der Waals surface area contributed by atoms with Crippen LogP contribution in [0.2, 0.25) is 0 Å². The average molecular weight is 342 g/mol. The maximum Gasteiger partial charge on any atom is 0.315 e. The Morgan fingerprint density at radius 1 is 1.26 bits per heavy atom. The van der Waals surface area contributed by atoms with Gasteiger partial charge < -0.3 is 15.4 Å². The molecular weight excluding hydrogens is 323 g/mol. The van der Waals surface area contributed by atoms with Crippen molar-refractivity contribution in [1.82, 2.24) is 10.6 Å². The minimum atomic E-state index is -3.05. The summed E-state index contributed by atoms with van der Waals surface area (Å²) in [4.78, 5) is 12.1. The van der Waals surface area contributed by atoms with Crippen molar-refractivity contribution in [3.63, 3.8) is 0 Å². The zero-order valence-electron chi connectivity index (χ0n) is 12.5. The first-order chi connectivity index (χ1) is 10.9. The van der Waals surface area contributed by atoms with Gasteiger partial charge in [0.25, 0.3) is 0 Å². The first-order valence-electron chi connectivity index (χ1n) is 7.63. The number of urea groups is 1. The fraction of sp³-hybridized carbons (Fsp3) is 0.533. The number of hydrogen-bond donors (Lipinski definition) is 2. The zero-order chi connectivity index (χ0) is 16.4. The molecule has 1 aromatic carbocycles. The highest BCUT2D eigenvalue weighted by Gasteiger charge is 2.30. The van der Waals surface area contributed by atoms with E-state index >= 15 is 0 Å². The second kappa shape index (κ2) is 6.35. The summed E-state index contributed by atoms with van der Waals surface area (Å²) < 4.78 is 41.9. The van der Waals surface area contributed by atoms with Gasteiger partial charge in [0.1, 0.15) is 11.6 Å². The molecule has 1 aromatic rings. The van der Waals surface area contributed by atoms with Crippen molar-refractivity contribution in [3.8, 4) is 5.75 Å². The van der Waals surface area contributed by atoms with Gasteiger partial charge in [-0.15, -0.1) is 0 Å². The molecule has 2 heterocycles. The first-order valence-corrected chi connectivity index (χ1v) is 9.45. The highest BCUT2D eigenvalue weighted by molar-refractivity contribution is 7.91. The van der Waals surface area contributed by atoms with Crippen molar-refractivity contribution in [2.75, 3.05) is 18.1 Å². The van der Waals surface area contributed by atoms with Gasteiger partial charge in [0.15, 0.2) is 9.84 Å². The van der Waals surface area contributed by atoms with Crippen LogP contribution in [0.1, 0.15) is 30.9 Å². The van der Waals surface area contributed by atoms with E-state index in [2.05, 4.69) is 10.6 Å². The van der Waals surface area contributed by atoms with Gasteiger partial charge in [0.2, 0.25) is 0 Å². The van der Waals surface area contributed by atoms with E-state index in [0.717, 1.165) is 6.42 Å². The maximum atomic E-state index is 13.5. The number of sulfone groups is 1. The van der Waals surface area contributed by atoms with Crippen LogP contribution in [0.4, 0.5) is 9.18 Å². The molecule has 0 unspecified atom stereocenters. The second-order valence-electron chi connectivity index (χ2n) is 5.94. The molecular formula is C15H19FN2O4S. The van der Waals surface area contributed by atoms with Crippen LogP contribution in [-0.2, 0) is 9.84 Å². The van der Waals surface area contributed by atoms with Crippen LogP contribution in [0.3, 0.4) is 0 Å². The van der Waals surface area contributed by atoms with E-state index in [1.54, 1.807) is 6.07 Å². The molecule has 0 saturated carbocycles. The Kier molecular flexibility index (Phi) is 4.43. The molecule has 23 heavy (non-hydrogen) atoms. The number of carbonyl (C=O) groups is 1. The molecule has 126 valence electrons. The van der Waals surface area contributed by atoms with Crippen molar-refractivity contribution in [2.24, 2.45) is 0 Å². The normalized spacial score (nSPS) is 25.8. The predicted molar refractivity (Wildman–Crippen MR) is 82.6 cm³/mol. The molecule has 2 amide bonds. The van der Waals surface area contributed by atoms with Gasteiger partial charge in [-0.3, -0.25) is 0 Å². The Morgan fingerprint density at radius 2 is 2.09 bits per heavy atom. The summed E-state index contributed by atoms with van der Waals surface area (Å²) in [7, 11) is -3.05. The Balaban J connectivity index is 1.68. The number of benzene rings is 1.